The summed E-state index contributed by atoms with van der Waals surface area (Å²) in [7, 11) is -2.76. The Hall–Kier alpha value is -4.58. The number of fused-ring (bicyclic) bond motifs is 3. The predicted octanol–water partition coefficient (Wildman–Crippen LogP) is 4.06. The molecule has 0 saturated carbocycles. The van der Waals surface area contributed by atoms with Gasteiger partial charge in [-0.2, -0.15) is 16.8 Å². The summed E-state index contributed by atoms with van der Waals surface area (Å²) in [6.45, 7) is -1.80. The van der Waals surface area contributed by atoms with Gasteiger partial charge in [-0.3, -0.25) is 8.37 Å². The van der Waals surface area contributed by atoms with Crippen LogP contribution in [-0.4, -0.2) is 92.4 Å². The molecule has 0 unspecified atom stereocenters. The molecule has 292 valence electrons. The predicted molar refractivity (Wildman–Crippen MR) is 199 cm³/mol. The molecule has 0 aliphatic heterocycles. The minimum atomic E-state index is -4.20. The van der Waals surface area contributed by atoms with Crippen molar-refractivity contribution in [1.82, 2.24) is 0 Å². The highest BCUT2D eigenvalue weighted by atomic mass is 32.2. The molecule has 0 spiro atoms. The van der Waals surface area contributed by atoms with Crippen molar-refractivity contribution in [3.63, 3.8) is 0 Å². The quantitative estimate of drug-likeness (QED) is 0.155. The number of ether oxygens (including phenoxy) is 6. The minimum Gasteiger partial charge on any atom is -0.493 e. The first-order valence-corrected chi connectivity index (χ1v) is 20.2. The molecule has 0 bridgehead atoms. The van der Waals surface area contributed by atoms with Crippen LogP contribution in [0.2, 0.25) is 0 Å². The summed E-state index contributed by atoms with van der Waals surface area (Å²) in [6.07, 6.45) is 0.484. The Morgan fingerprint density at radius 3 is 1.37 bits per heavy atom. The standard InChI is InChI=1S/C38H44O14S2/c1-45-29-17-27-19-37(39,23-51-53(5,41)42)38(40,24-52-54(6,43)44)20-28-18-30(49-21-25-13-9-7-10-14-25)34(50-22-26-15-11-8-12-16-26)36(48-4)32(28)31(27)35(47-3)33(29)46-2/h7-18,39-40H,19-24H2,1-6H3/t37-,38+/m0/s1. The van der Waals surface area contributed by atoms with Gasteiger partial charge in [0.25, 0.3) is 20.2 Å². The molecule has 0 radical (unpaired) electrons. The van der Waals surface area contributed by atoms with E-state index in [1.54, 1.807) is 6.07 Å². The average Bonchev–Trinajstić information content (AvgIpc) is 3.14. The van der Waals surface area contributed by atoms with Crippen LogP contribution >= 0.6 is 0 Å². The zero-order valence-electron chi connectivity index (χ0n) is 30.8. The van der Waals surface area contributed by atoms with Crippen LogP contribution in [-0.2, 0) is 54.7 Å². The van der Waals surface area contributed by atoms with E-state index in [1.165, 1.54) is 34.5 Å². The van der Waals surface area contributed by atoms with Gasteiger partial charge in [-0.05, 0) is 34.4 Å². The van der Waals surface area contributed by atoms with Crippen LogP contribution in [0.25, 0.3) is 11.1 Å². The Bertz CT molecular complexity index is 2160. The average molecular weight is 789 g/mol. The second kappa shape index (κ2) is 16.4. The van der Waals surface area contributed by atoms with Crippen LogP contribution in [0.15, 0.2) is 72.8 Å². The lowest BCUT2D eigenvalue weighted by Crippen LogP contribution is -2.63. The van der Waals surface area contributed by atoms with Crippen LogP contribution in [0.5, 0.6) is 34.5 Å². The van der Waals surface area contributed by atoms with Crippen molar-refractivity contribution in [2.45, 2.75) is 37.3 Å². The highest BCUT2D eigenvalue weighted by Gasteiger charge is 2.54. The maximum absolute atomic E-state index is 12.6. The summed E-state index contributed by atoms with van der Waals surface area (Å²) in [5.41, 5.74) is -2.30. The van der Waals surface area contributed by atoms with Crippen LogP contribution in [0.1, 0.15) is 22.3 Å². The van der Waals surface area contributed by atoms with Crippen molar-refractivity contribution in [3.8, 4) is 45.6 Å². The lowest BCUT2D eigenvalue weighted by atomic mass is 9.71. The first kappa shape index (κ1) is 40.6. The van der Waals surface area contributed by atoms with Crippen molar-refractivity contribution < 1.29 is 63.8 Å². The van der Waals surface area contributed by atoms with Gasteiger partial charge >= 0.3 is 0 Å². The zero-order chi connectivity index (χ0) is 39.3. The second-order valence-electron chi connectivity index (χ2n) is 12.8. The van der Waals surface area contributed by atoms with E-state index in [9.17, 15) is 27.0 Å². The fraction of sp³-hybridized carbons (Fsp3) is 0.368. The van der Waals surface area contributed by atoms with Gasteiger partial charge in [0, 0.05) is 24.0 Å². The van der Waals surface area contributed by atoms with E-state index in [0.29, 0.717) is 11.1 Å². The van der Waals surface area contributed by atoms with Crippen molar-refractivity contribution in [2.75, 3.05) is 54.2 Å². The molecule has 54 heavy (non-hydrogen) atoms. The molecule has 14 nitrogen and oxygen atoms in total. The molecule has 0 heterocycles. The number of rotatable bonds is 16. The molecule has 16 heteroatoms. The van der Waals surface area contributed by atoms with Crippen molar-refractivity contribution in [3.05, 3.63) is 95.1 Å². The van der Waals surface area contributed by atoms with Crippen molar-refractivity contribution >= 4 is 20.2 Å². The number of hydrogen-bond acceptors (Lipinski definition) is 14. The molecule has 0 saturated heterocycles. The Morgan fingerprint density at radius 1 is 0.556 bits per heavy atom. The van der Waals surface area contributed by atoms with Gasteiger partial charge in [-0.15, -0.1) is 0 Å². The number of methoxy groups -OCH3 is 4. The molecule has 1 aliphatic rings. The SMILES string of the molecule is COc1cc2c(c(OC)c1OC)-c1c(cc(OCc3ccccc3)c(OCc3ccccc3)c1OC)C[C@@](O)(COS(C)(=O)=O)[C@@](O)(COS(C)(=O)=O)C2. The highest BCUT2D eigenvalue weighted by molar-refractivity contribution is 7.86. The molecule has 4 aromatic carbocycles. The van der Waals surface area contributed by atoms with Gasteiger partial charge in [0.1, 0.15) is 24.4 Å². The molecule has 0 fully saturated rings. The van der Waals surface area contributed by atoms with E-state index in [1.807, 2.05) is 60.7 Å². The molecule has 4 aromatic rings. The molecule has 2 N–H and O–H groups in total. The summed E-state index contributed by atoms with van der Waals surface area (Å²) >= 11 is 0. The van der Waals surface area contributed by atoms with Crippen LogP contribution in [0.3, 0.4) is 0 Å². The molecule has 5 rings (SSSR count). The highest BCUT2D eigenvalue weighted by Crippen LogP contribution is 2.57. The van der Waals surface area contributed by atoms with Gasteiger partial charge in [-0.25, -0.2) is 0 Å². The lowest BCUT2D eigenvalue weighted by molar-refractivity contribution is -0.180. The van der Waals surface area contributed by atoms with Crippen molar-refractivity contribution in [2.24, 2.45) is 0 Å². The van der Waals surface area contributed by atoms with Crippen LogP contribution in [0.4, 0.5) is 0 Å². The van der Waals surface area contributed by atoms with Crippen LogP contribution < -0.4 is 28.4 Å². The molecule has 0 amide bonds. The van der Waals surface area contributed by atoms with Gasteiger partial charge in [-0.1, -0.05) is 60.7 Å². The number of hydrogen-bond donors (Lipinski definition) is 2. The number of aliphatic hydroxyl groups is 2. The fourth-order valence-corrected chi connectivity index (χ4v) is 7.16. The fourth-order valence-electron chi connectivity index (χ4n) is 6.34. The summed E-state index contributed by atoms with van der Waals surface area (Å²) < 4.78 is 95.8. The molecule has 2 atom stereocenters. The molecule has 0 aromatic heterocycles. The summed E-state index contributed by atoms with van der Waals surface area (Å²) in [4.78, 5) is 0. The van der Waals surface area contributed by atoms with E-state index in [4.69, 9.17) is 36.8 Å². The first-order chi connectivity index (χ1) is 25.5. The monoisotopic (exact) mass is 788 g/mol. The van der Waals surface area contributed by atoms with Gasteiger partial charge < -0.3 is 38.6 Å². The van der Waals surface area contributed by atoms with E-state index in [0.717, 1.165) is 23.6 Å². The third-order valence-electron chi connectivity index (χ3n) is 8.97. The normalized spacial score (nSPS) is 18.4. The largest absolute Gasteiger partial charge is 0.493 e. The van der Waals surface area contributed by atoms with E-state index in [2.05, 4.69) is 0 Å². The Labute approximate surface area is 315 Å². The summed E-state index contributed by atoms with van der Waals surface area (Å²) in [5, 5.41) is 25.0. The summed E-state index contributed by atoms with van der Waals surface area (Å²) in [5.74, 6) is 0.986. The van der Waals surface area contributed by atoms with Gasteiger partial charge in [0.2, 0.25) is 11.5 Å². The van der Waals surface area contributed by atoms with Gasteiger partial charge in [0.15, 0.2) is 23.0 Å². The molecule has 1 aliphatic carbocycles. The lowest BCUT2D eigenvalue weighted by Gasteiger charge is -2.45. The third-order valence-corrected chi connectivity index (χ3v) is 10.1. The molecular weight excluding hydrogens is 745 g/mol. The van der Waals surface area contributed by atoms with E-state index in [-0.39, 0.29) is 58.8 Å². The number of benzene rings is 4. The smallest absolute Gasteiger partial charge is 0.264 e. The van der Waals surface area contributed by atoms with Gasteiger partial charge in [0.05, 0.1) is 54.2 Å². The maximum Gasteiger partial charge on any atom is 0.264 e. The minimum absolute atomic E-state index is 0.0863. The Morgan fingerprint density at radius 2 is 0.963 bits per heavy atom. The zero-order valence-corrected chi connectivity index (χ0v) is 32.4. The first-order valence-electron chi connectivity index (χ1n) is 16.6. The maximum atomic E-state index is 12.6. The van der Waals surface area contributed by atoms with E-state index >= 15 is 0 Å². The Balaban J connectivity index is 1.87. The van der Waals surface area contributed by atoms with Crippen LogP contribution in [0, 0.1) is 0 Å². The third kappa shape index (κ3) is 9.02. The topological polar surface area (TPSA) is 183 Å². The summed E-state index contributed by atoms with van der Waals surface area (Å²) in [6, 6.07) is 21.9. The van der Waals surface area contributed by atoms with E-state index < -0.39 is 57.5 Å². The second-order valence-corrected chi connectivity index (χ2v) is 16.1. The Kier molecular flexibility index (Phi) is 12.3. The molecular formula is C38H44O14S2. The van der Waals surface area contributed by atoms with Crippen molar-refractivity contribution in [1.29, 1.82) is 0 Å².